The van der Waals surface area contributed by atoms with Gasteiger partial charge in [-0.05, 0) is 30.5 Å². The Morgan fingerprint density at radius 2 is 2.28 bits per heavy atom. The lowest BCUT2D eigenvalue weighted by Crippen LogP contribution is -2.37. The Bertz CT molecular complexity index is 1240. The summed E-state index contributed by atoms with van der Waals surface area (Å²) in [6.45, 7) is 1.98. The zero-order valence-electron chi connectivity index (χ0n) is 19.5. The highest BCUT2D eigenvalue weighted by atomic mass is 35.5. The molecule has 2 aliphatic heterocycles. The number of allylic oxidation sites excluding steroid dienone is 2. The Morgan fingerprint density at radius 1 is 1.47 bits per heavy atom. The van der Waals surface area contributed by atoms with Crippen molar-refractivity contribution < 1.29 is 17.9 Å². The van der Waals surface area contributed by atoms with E-state index in [1.54, 1.807) is 19.4 Å². The van der Waals surface area contributed by atoms with Crippen molar-refractivity contribution in [2.75, 3.05) is 20.3 Å². The molecule has 6 nitrogen and oxygen atoms in total. The minimum absolute atomic E-state index is 0.156. The van der Waals surface area contributed by atoms with Crippen LogP contribution in [0.1, 0.15) is 29.5 Å². The van der Waals surface area contributed by atoms with Gasteiger partial charge < -0.3 is 15.4 Å². The number of nitrogens with two attached hydrogens (primary N) is 1. The van der Waals surface area contributed by atoms with Crippen molar-refractivity contribution >= 4 is 35.0 Å². The van der Waals surface area contributed by atoms with E-state index in [1.807, 2.05) is 16.4 Å². The lowest BCUT2D eigenvalue weighted by molar-refractivity contribution is 0.0905. The monoisotopic (exact) mass is 535 g/mol. The van der Waals surface area contributed by atoms with Gasteiger partial charge in [-0.2, -0.15) is 8.78 Å². The lowest BCUT2D eigenvalue weighted by Gasteiger charge is -2.33. The van der Waals surface area contributed by atoms with Gasteiger partial charge in [0.15, 0.2) is 10.8 Å². The average molecular weight is 536 g/mol. The molecule has 2 atom stereocenters. The van der Waals surface area contributed by atoms with Gasteiger partial charge in [0.05, 0.1) is 6.61 Å². The number of aromatic nitrogens is 1. The van der Waals surface area contributed by atoms with Crippen LogP contribution in [0.4, 0.5) is 13.2 Å². The summed E-state index contributed by atoms with van der Waals surface area (Å²) in [6.07, 6.45) is 6.97. The molecule has 2 aromatic rings. The Labute approximate surface area is 216 Å². The molecule has 0 radical (unpaired) electrons. The summed E-state index contributed by atoms with van der Waals surface area (Å²) in [6, 6.07) is 3.27. The first-order chi connectivity index (χ1) is 17.3. The molecule has 2 aliphatic rings. The molecule has 1 aromatic heterocycles. The van der Waals surface area contributed by atoms with Gasteiger partial charge in [-0.1, -0.05) is 23.7 Å². The molecule has 1 aromatic carbocycles. The number of nitrogens with zero attached hydrogens (tertiary/aromatic N) is 4. The van der Waals surface area contributed by atoms with Gasteiger partial charge in [0.1, 0.15) is 11.9 Å². The van der Waals surface area contributed by atoms with Crippen LogP contribution in [0.2, 0.25) is 5.02 Å². The van der Waals surface area contributed by atoms with Crippen LogP contribution in [0.5, 0.6) is 0 Å². The highest BCUT2D eigenvalue weighted by Crippen LogP contribution is 2.50. The fourth-order valence-corrected chi connectivity index (χ4v) is 5.73. The van der Waals surface area contributed by atoms with Crippen molar-refractivity contribution in [3.05, 3.63) is 86.9 Å². The quantitative estimate of drug-likeness (QED) is 0.252. The van der Waals surface area contributed by atoms with Gasteiger partial charge in [-0.25, -0.2) is 14.4 Å². The summed E-state index contributed by atoms with van der Waals surface area (Å²) in [4.78, 5) is 14.8. The predicted octanol–water partition coefficient (Wildman–Crippen LogP) is 5.74. The van der Waals surface area contributed by atoms with Crippen LogP contribution in [0.25, 0.3) is 0 Å². The summed E-state index contributed by atoms with van der Waals surface area (Å²) in [5.74, 6) is 0.109. The molecule has 36 heavy (non-hydrogen) atoms. The van der Waals surface area contributed by atoms with Crippen LogP contribution < -0.4 is 5.73 Å². The van der Waals surface area contributed by atoms with E-state index >= 15 is 0 Å². The largest absolute Gasteiger partial charge is 0.404 e. The summed E-state index contributed by atoms with van der Waals surface area (Å²) in [5.41, 5.74) is 7.76. The van der Waals surface area contributed by atoms with Crippen LogP contribution in [0, 0.1) is 11.2 Å². The number of ether oxygens (including phenoxy) is 1. The Kier molecular flexibility index (Phi) is 7.97. The maximum absolute atomic E-state index is 13.9. The number of aliphatic imine (C=N–C) groups is 2. The summed E-state index contributed by atoms with van der Waals surface area (Å²) < 4.78 is 45.6. The number of fused-ring (bicyclic) bond motifs is 1. The number of hydrogen-bond donors (Lipinski definition) is 1. The first kappa shape index (κ1) is 26.1. The first-order valence-electron chi connectivity index (χ1n) is 11.1. The molecule has 0 unspecified atom stereocenters. The number of thiazole rings is 1. The Morgan fingerprint density at radius 3 is 2.89 bits per heavy atom. The molecule has 0 saturated carbocycles. The van der Waals surface area contributed by atoms with Gasteiger partial charge in [-0.15, -0.1) is 17.9 Å². The van der Waals surface area contributed by atoms with Crippen molar-refractivity contribution in [1.82, 2.24) is 9.88 Å². The molecule has 4 rings (SSSR count). The smallest absolute Gasteiger partial charge is 0.331 e. The fraction of sp³-hybridized carbons (Fsp3) is 0.320. The number of halogens is 4. The highest BCUT2D eigenvalue weighted by Gasteiger charge is 2.47. The molecule has 0 bridgehead atoms. The van der Waals surface area contributed by atoms with E-state index in [9.17, 15) is 13.2 Å². The molecular weight excluding hydrogens is 511 g/mol. The van der Waals surface area contributed by atoms with E-state index in [4.69, 9.17) is 27.1 Å². The molecular formula is C25H25ClF3N5OS. The Hall–Kier alpha value is -2.95. The second-order valence-electron chi connectivity index (χ2n) is 8.59. The van der Waals surface area contributed by atoms with Gasteiger partial charge in [0.25, 0.3) is 0 Å². The van der Waals surface area contributed by atoms with E-state index in [2.05, 4.69) is 16.6 Å². The summed E-state index contributed by atoms with van der Waals surface area (Å²) >= 11 is 7.90. The number of benzene rings is 1. The minimum Gasteiger partial charge on any atom is -0.404 e. The van der Waals surface area contributed by atoms with Gasteiger partial charge in [0, 0.05) is 64.9 Å². The van der Waals surface area contributed by atoms with Crippen LogP contribution >= 0.6 is 22.9 Å². The first-order valence-corrected chi connectivity index (χ1v) is 12.3. The van der Waals surface area contributed by atoms with Gasteiger partial charge >= 0.3 is 6.55 Å². The number of hydrogen-bond acceptors (Lipinski definition) is 7. The number of methoxy groups -OCH3 is 1. The average Bonchev–Trinajstić information content (AvgIpc) is 3.48. The molecule has 3 heterocycles. The Balaban J connectivity index is 1.99. The van der Waals surface area contributed by atoms with E-state index < -0.39 is 18.4 Å². The van der Waals surface area contributed by atoms with Crippen LogP contribution in [-0.4, -0.2) is 48.7 Å². The number of rotatable bonds is 9. The predicted molar refractivity (Wildman–Crippen MR) is 137 cm³/mol. The second-order valence-corrected chi connectivity index (χ2v) is 9.89. The maximum Gasteiger partial charge on any atom is 0.331 e. The van der Waals surface area contributed by atoms with E-state index in [0.717, 1.165) is 11.9 Å². The third-order valence-electron chi connectivity index (χ3n) is 6.18. The SMILES string of the molecule is C=CC[C@@]1(COC)CC2=C(C(C=NC(F)F)=CN)[C@H](c3ccc(F)cc3Cl)N=C(c3nccs3)N2C1. The van der Waals surface area contributed by atoms with E-state index in [1.165, 1.54) is 29.7 Å². The van der Waals surface area contributed by atoms with Gasteiger partial charge in [0.2, 0.25) is 0 Å². The second kappa shape index (κ2) is 11.0. The molecule has 2 N–H and O–H groups in total. The summed E-state index contributed by atoms with van der Waals surface area (Å²) in [5, 5.41) is 2.68. The number of alkyl halides is 2. The number of amidine groups is 1. The standard InChI is InChI=1S/C25H25ClF3N5OS/c1-3-6-25(14-35-2)10-19-20(15(11-30)12-32-24(28)29)21(17-5-4-16(27)9-18(17)26)33-22(34(19)13-25)23-31-7-8-36-23/h3-5,7-9,11-12,21,24H,1,6,10,13-14,30H2,2H3/t21-,25+/m0/s1. The third kappa shape index (κ3) is 5.11. The van der Waals surface area contributed by atoms with Crippen molar-refractivity contribution in [1.29, 1.82) is 0 Å². The molecule has 190 valence electrons. The van der Waals surface area contributed by atoms with Crippen molar-refractivity contribution in [2.24, 2.45) is 21.1 Å². The molecule has 0 aliphatic carbocycles. The highest BCUT2D eigenvalue weighted by molar-refractivity contribution is 7.11. The van der Waals surface area contributed by atoms with E-state index in [0.29, 0.717) is 48.0 Å². The normalized spacial score (nSPS) is 22.5. The molecule has 11 heteroatoms. The van der Waals surface area contributed by atoms with Gasteiger partial charge in [-0.3, -0.25) is 4.99 Å². The minimum atomic E-state index is -2.91. The summed E-state index contributed by atoms with van der Waals surface area (Å²) in [7, 11) is 1.63. The van der Waals surface area contributed by atoms with Crippen molar-refractivity contribution in [2.45, 2.75) is 25.4 Å². The molecule has 1 saturated heterocycles. The van der Waals surface area contributed by atoms with E-state index in [-0.39, 0.29) is 16.0 Å². The van der Waals surface area contributed by atoms with Crippen LogP contribution in [-0.2, 0) is 4.74 Å². The zero-order chi connectivity index (χ0) is 25.9. The van der Waals surface area contributed by atoms with Crippen LogP contribution in [0.15, 0.2) is 75.5 Å². The van der Waals surface area contributed by atoms with Crippen molar-refractivity contribution in [3.8, 4) is 0 Å². The molecule has 0 spiro atoms. The zero-order valence-corrected chi connectivity index (χ0v) is 21.1. The topological polar surface area (TPSA) is 76.1 Å². The maximum atomic E-state index is 13.9. The van der Waals surface area contributed by atoms with Crippen LogP contribution in [0.3, 0.4) is 0 Å². The fourth-order valence-electron chi connectivity index (χ4n) is 4.82. The molecule has 1 fully saturated rings. The lowest BCUT2D eigenvalue weighted by atomic mass is 9.82. The van der Waals surface area contributed by atoms with Crippen molar-refractivity contribution in [3.63, 3.8) is 0 Å². The third-order valence-corrected chi connectivity index (χ3v) is 7.27. The molecule has 0 amide bonds.